The van der Waals surface area contributed by atoms with Gasteiger partial charge in [0.2, 0.25) is 0 Å². The van der Waals surface area contributed by atoms with Crippen molar-refractivity contribution >= 4 is 11.2 Å². The Hall–Kier alpha value is -2.20. The summed E-state index contributed by atoms with van der Waals surface area (Å²) in [6, 6.07) is 12.6. The average molecular weight is 292 g/mol. The molecule has 1 N–H and O–H groups in total. The van der Waals surface area contributed by atoms with Crippen molar-refractivity contribution in [1.29, 1.82) is 0 Å². The number of hydrogen-bond acceptors (Lipinski definition) is 3. The van der Waals surface area contributed by atoms with Crippen LogP contribution in [-0.4, -0.2) is 32.9 Å². The quantitative estimate of drug-likeness (QED) is 0.806. The summed E-state index contributed by atoms with van der Waals surface area (Å²) < 4.78 is 0. The highest BCUT2D eigenvalue weighted by molar-refractivity contribution is 5.70. The number of benzene rings is 1. The molecule has 2 aromatic heterocycles. The second-order valence-electron chi connectivity index (χ2n) is 6.14. The Morgan fingerprint density at radius 1 is 1.23 bits per heavy atom. The van der Waals surface area contributed by atoms with Crippen molar-refractivity contribution in [1.82, 2.24) is 19.9 Å². The van der Waals surface area contributed by atoms with Gasteiger partial charge in [-0.05, 0) is 43.1 Å². The number of aryl methyl sites for hydroxylation is 1. The topological polar surface area (TPSA) is 44.8 Å². The van der Waals surface area contributed by atoms with E-state index in [4.69, 9.17) is 0 Å². The SMILES string of the molecule is Cc1ccccc1CN1CC[C@H](c2nc3ncccc3[nH]2)C1. The molecule has 4 rings (SSSR count). The fourth-order valence-corrected chi connectivity index (χ4v) is 3.28. The Balaban J connectivity index is 1.49. The van der Waals surface area contributed by atoms with Gasteiger partial charge in [0.25, 0.3) is 0 Å². The number of H-pyrrole nitrogens is 1. The Morgan fingerprint density at radius 2 is 2.14 bits per heavy atom. The van der Waals surface area contributed by atoms with E-state index in [1.807, 2.05) is 12.1 Å². The first-order chi connectivity index (χ1) is 10.8. The molecule has 4 nitrogen and oxygen atoms in total. The van der Waals surface area contributed by atoms with Gasteiger partial charge in [-0.1, -0.05) is 24.3 Å². The fraction of sp³-hybridized carbons (Fsp3) is 0.333. The Bertz CT molecular complexity index is 759. The van der Waals surface area contributed by atoms with Crippen LogP contribution in [0.2, 0.25) is 0 Å². The van der Waals surface area contributed by atoms with E-state index in [9.17, 15) is 0 Å². The summed E-state index contributed by atoms with van der Waals surface area (Å²) in [4.78, 5) is 14.9. The van der Waals surface area contributed by atoms with E-state index in [1.54, 1.807) is 6.20 Å². The minimum atomic E-state index is 0.484. The number of imidazole rings is 1. The number of likely N-dealkylation sites (tertiary alicyclic amines) is 1. The average Bonchev–Trinajstić information content (AvgIpc) is 3.15. The molecular formula is C18H20N4. The molecule has 1 aliphatic rings. The summed E-state index contributed by atoms with van der Waals surface area (Å²) in [7, 11) is 0. The van der Waals surface area contributed by atoms with Crippen molar-refractivity contribution in [3.63, 3.8) is 0 Å². The number of fused-ring (bicyclic) bond motifs is 1. The van der Waals surface area contributed by atoms with Gasteiger partial charge in [-0.25, -0.2) is 9.97 Å². The Labute approximate surface area is 130 Å². The molecule has 0 bridgehead atoms. The van der Waals surface area contributed by atoms with Gasteiger partial charge in [-0.2, -0.15) is 0 Å². The van der Waals surface area contributed by atoms with Crippen molar-refractivity contribution in [2.45, 2.75) is 25.8 Å². The van der Waals surface area contributed by atoms with Crippen LogP contribution in [0.4, 0.5) is 0 Å². The van der Waals surface area contributed by atoms with Gasteiger partial charge in [0.15, 0.2) is 5.65 Å². The van der Waals surface area contributed by atoms with Gasteiger partial charge in [-0.3, -0.25) is 4.90 Å². The van der Waals surface area contributed by atoms with Gasteiger partial charge in [0.05, 0.1) is 5.52 Å². The van der Waals surface area contributed by atoms with Crippen LogP contribution in [0.1, 0.15) is 29.3 Å². The molecule has 0 spiro atoms. The molecule has 0 radical (unpaired) electrons. The largest absolute Gasteiger partial charge is 0.340 e. The molecule has 112 valence electrons. The van der Waals surface area contributed by atoms with Crippen LogP contribution in [-0.2, 0) is 6.54 Å². The van der Waals surface area contributed by atoms with Crippen LogP contribution in [0, 0.1) is 6.92 Å². The maximum Gasteiger partial charge on any atom is 0.177 e. The molecular weight excluding hydrogens is 272 g/mol. The molecule has 22 heavy (non-hydrogen) atoms. The second-order valence-corrected chi connectivity index (χ2v) is 6.14. The number of aromatic nitrogens is 3. The molecule has 0 saturated carbocycles. The highest BCUT2D eigenvalue weighted by Crippen LogP contribution is 2.27. The summed E-state index contributed by atoms with van der Waals surface area (Å²) in [5.74, 6) is 1.57. The lowest BCUT2D eigenvalue weighted by atomic mass is 10.1. The van der Waals surface area contributed by atoms with Crippen LogP contribution in [0.25, 0.3) is 11.2 Å². The van der Waals surface area contributed by atoms with E-state index in [0.717, 1.165) is 43.0 Å². The maximum atomic E-state index is 4.66. The highest BCUT2D eigenvalue weighted by Gasteiger charge is 2.26. The molecule has 0 amide bonds. The van der Waals surface area contributed by atoms with Gasteiger partial charge in [0.1, 0.15) is 5.82 Å². The highest BCUT2D eigenvalue weighted by atomic mass is 15.2. The fourth-order valence-electron chi connectivity index (χ4n) is 3.28. The van der Waals surface area contributed by atoms with Gasteiger partial charge in [0, 0.05) is 25.2 Å². The Kier molecular flexibility index (Phi) is 3.39. The second kappa shape index (κ2) is 5.54. The molecule has 1 aromatic carbocycles. The molecule has 0 aliphatic carbocycles. The van der Waals surface area contributed by atoms with Crippen molar-refractivity contribution in [2.24, 2.45) is 0 Å². The summed E-state index contributed by atoms with van der Waals surface area (Å²) in [5, 5.41) is 0. The molecule has 0 unspecified atom stereocenters. The molecule has 1 saturated heterocycles. The molecule has 3 heterocycles. The minimum absolute atomic E-state index is 0.484. The predicted molar refractivity (Wildman–Crippen MR) is 87.7 cm³/mol. The number of rotatable bonds is 3. The number of nitrogens with zero attached hydrogens (tertiary/aromatic N) is 3. The van der Waals surface area contributed by atoms with Crippen molar-refractivity contribution in [3.8, 4) is 0 Å². The van der Waals surface area contributed by atoms with Gasteiger partial charge < -0.3 is 4.98 Å². The van der Waals surface area contributed by atoms with Crippen molar-refractivity contribution in [2.75, 3.05) is 13.1 Å². The van der Waals surface area contributed by atoms with Crippen LogP contribution >= 0.6 is 0 Å². The van der Waals surface area contributed by atoms with E-state index in [1.165, 1.54) is 11.1 Å². The third-order valence-corrected chi connectivity index (χ3v) is 4.59. The van der Waals surface area contributed by atoms with E-state index < -0.39 is 0 Å². The summed E-state index contributed by atoms with van der Waals surface area (Å²) in [5.41, 5.74) is 4.66. The molecule has 4 heteroatoms. The third-order valence-electron chi connectivity index (χ3n) is 4.59. The first-order valence-electron chi connectivity index (χ1n) is 7.87. The van der Waals surface area contributed by atoms with Gasteiger partial charge >= 0.3 is 0 Å². The summed E-state index contributed by atoms with van der Waals surface area (Å²) in [6.45, 7) is 5.41. The zero-order chi connectivity index (χ0) is 14.9. The third kappa shape index (κ3) is 2.50. The van der Waals surface area contributed by atoms with E-state index >= 15 is 0 Å². The first kappa shape index (κ1) is 13.5. The van der Waals surface area contributed by atoms with E-state index in [0.29, 0.717) is 5.92 Å². The molecule has 1 aliphatic heterocycles. The lowest BCUT2D eigenvalue weighted by molar-refractivity contribution is 0.325. The normalized spacial score (nSPS) is 19.0. The van der Waals surface area contributed by atoms with Crippen LogP contribution < -0.4 is 0 Å². The first-order valence-corrected chi connectivity index (χ1v) is 7.87. The van der Waals surface area contributed by atoms with Gasteiger partial charge in [-0.15, -0.1) is 0 Å². The number of aromatic amines is 1. The number of hydrogen-bond donors (Lipinski definition) is 1. The lowest BCUT2D eigenvalue weighted by Crippen LogP contribution is -2.20. The zero-order valence-corrected chi connectivity index (χ0v) is 12.8. The van der Waals surface area contributed by atoms with Crippen molar-refractivity contribution in [3.05, 3.63) is 59.5 Å². The molecule has 3 aromatic rings. The standard InChI is InChI=1S/C18H20N4/c1-13-5-2-3-6-14(13)11-22-10-8-15(12-22)17-20-16-7-4-9-19-18(16)21-17/h2-7,9,15H,8,10-12H2,1H3,(H,19,20,21)/t15-/m0/s1. The van der Waals surface area contributed by atoms with Crippen LogP contribution in [0.15, 0.2) is 42.6 Å². The molecule has 1 fully saturated rings. The number of pyridine rings is 1. The number of nitrogens with one attached hydrogen (secondary N) is 1. The minimum Gasteiger partial charge on any atom is -0.340 e. The van der Waals surface area contributed by atoms with Crippen LogP contribution in [0.3, 0.4) is 0 Å². The van der Waals surface area contributed by atoms with Crippen LogP contribution in [0.5, 0.6) is 0 Å². The summed E-state index contributed by atoms with van der Waals surface area (Å²) >= 11 is 0. The van der Waals surface area contributed by atoms with E-state index in [-0.39, 0.29) is 0 Å². The maximum absolute atomic E-state index is 4.66. The Morgan fingerprint density at radius 3 is 3.00 bits per heavy atom. The van der Waals surface area contributed by atoms with Crippen molar-refractivity contribution < 1.29 is 0 Å². The monoisotopic (exact) mass is 292 g/mol. The van der Waals surface area contributed by atoms with E-state index in [2.05, 4.69) is 51.0 Å². The molecule has 1 atom stereocenters. The summed E-state index contributed by atoms with van der Waals surface area (Å²) in [6.07, 6.45) is 2.96. The smallest absolute Gasteiger partial charge is 0.177 e. The lowest BCUT2D eigenvalue weighted by Gasteiger charge is -2.17. The predicted octanol–water partition coefficient (Wildman–Crippen LogP) is 3.26. The zero-order valence-electron chi connectivity index (χ0n) is 12.8.